The van der Waals surface area contributed by atoms with Gasteiger partial charge in [-0.15, -0.1) is 0 Å². The molecule has 31 heavy (non-hydrogen) atoms. The summed E-state index contributed by atoms with van der Waals surface area (Å²) in [5, 5.41) is 20.5. The zero-order chi connectivity index (χ0) is 23.7. The number of rotatable bonds is 13. The molecule has 0 heterocycles. The summed E-state index contributed by atoms with van der Waals surface area (Å²) in [5.41, 5.74) is 2.49. The zero-order valence-corrected chi connectivity index (χ0v) is 21.3. The second-order valence-electron chi connectivity index (χ2n) is 11.4. The summed E-state index contributed by atoms with van der Waals surface area (Å²) in [6.07, 6.45) is 12.4. The molecule has 2 N–H and O–H groups in total. The molecule has 3 nitrogen and oxygen atoms in total. The van der Waals surface area contributed by atoms with Gasteiger partial charge in [0.05, 0.1) is 6.42 Å². The Morgan fingerprint density at radius 1 is 0.806 bits per heavy atom. The van der Waals surface area contributed by atoms with Gasteiger partial charge in [0.25, 0.3) is 0 Å². The summed E-state index contributed by atoms with van der Waals surface area (Å²) in [6, 6.07) is 4.12. The minimum Gasteiger partial charge on any atom is -0.507 e. The van der Waals surface area contributed by atoms with Crippen molar-refractivity contribution in [3.8, 4) is 5.75 Å². The molecular weight excluding hydrogens is 384 g/mol. The van der Waals surface area contributed by atoms with Gasteiger partial charge >= 0.3 is 5.97 Å². The first-order valence-corrected chi connectivity index (χ1v) is 12.5. The highest BCUT2D eigenvalue weighted by Gasteiger charge is 2.28. The molecule has 1 aromatic carbocycles. The molecule has 0 radical (unpaired) electrons. The van der Waals surface area contributed by atoms with Crippen molar-refractivity contribution < 1.29 is 15.0 Å². The van der Waals surface area contributed by atoms with Crippen LogP contribution in [-0.4, -0.2) is 16.2 Å². The Kier molecular flexibility index (Phi) is 11.1. The van der Waals surface area contributed by atoms with Crippen LogP contribution >= 0.6 is 0 Å². The molecule has 1 rings (SSSR count). The number of phenolic OH excluding ortho intramolecular Hbond substituents is 1. The molecule has 1 unspecified atom stereocenters. The van der Waals surface area contributed by atoms with Crippen LogP contribution in [0.1, 0.15) is 142 Å². The fourth-order valence-corrected chi connectivity index (χ4v) is 4.33. The number of aliphatic carboxylic acids is 1. The molecular formula is C28H48O3. The number of unbranched alkanes of at least 4 members (excludes halogenated alkanes) is 8. The lowest BCUT2D eigenvalue weighted by Crippen LogP contribution is -2.19. The molecule has 0 fully saturated rings. The van der Waals surface area contributed by atoms with Gasteiger partial charge in [-0.2, -0.15) is 0 Å². The standard InChI is InChI=1S/C28H48O3/c1-8-9-10-11-12-13-14-15-16-17-21(20-25(29)30)22-18-23(27(2,3)4)26(31)24(19-22)28(5,6)7/h18-19,21,31H,8-17,20H2,1-7H3,(H,29,30). The van der Waals surface area contributed by atoms with Crippen molar-refractivity contribution in [2.75, 3.05) is 0 Å². The van der Waals surface area contributed by atoms with Gasteiger partial charge in [-0.25, -0.2) is 0 Å². The molecule has 0 bridgehead atoms. The smallest absolute Gasteiger partial charge is 0.303 e. The Morgan fingerprint density at radius 3 is 1.61 bits per heavy atom. The van der Waals surface area contributed by atoms with E-state index >= 15 is 0 Å². The van der Waals surface area contributed by atoms with Crippen LogP contribution in [0, 0.1) is 0 Å². The van der Waals surface area contributed by atoms with E-state index in [2.05, 4.69) is 60.6 Å². The van der Waals surface area contributed by atoms with Crippen molar-refractivity contribution in [2.24, 2.45) is 0 Å². The highest BCUT2D eigenvalue weighted by Crippen LogP contribution is 2.42. The molecule has 0 saturated carbocycles. The van der Waals surface area contributed by atoms with Crippen LogP contribution in [0.25, 0.3) is 0 Å². The summed E-state index contributed by atoms with van der Waals surface area (Å²) < 4.78 is 0. The first kappa shape index (κ1) is 27.5. The molecule has 1 aromatic rings. The average Bonchev–Trinajstić information content (AvgIpc) is 2.63. The zero-order valence-electron chi connectivity index (χ0n) is 21.3. The maximum Gasteiger partial charge on any atom is 0.303 e. The summed E-state index contributed by atoms with van der Waals surface area (Å²) in [4.78, 5) is 11.6. The Bertz CT molecular complexity index is 641. The van der Waals surface area contributed by atoms with E-state index in [1.807, 2.05) is 0 Å². The van der Waals surface area contributed by atoms with Gasteiger partial charge in [-0.1, -0.05) is 118 Å². The summed E-state index contributed by atoms with van der Waals surface area (Å²) >= 11 is 0. The normalized spacial score (nSPS) is 13.4. The highest BCUT2D eigenvalue weighted by atomic mass is 16.4. The lowest BCUT2D eigenvalue weighted by Gasteiger charge is -2.30. The maximum atomic E-state index is 11.6. The fourth-order valence-electron chi connectivity index (χ4n) is 4.33. The summed E-state index contributed by atoms with van der Waals surface area (Å²) in [7, 11) is 0. The van der Waals surface area contributed by atoms with E-state index in [9.17, 15) is 15.0 Å². The van der Waals surface area contributed by atoms with Gasteiger partial charge in [-0.3, -0.25) is 4.79 Å². The van der Waals surface area contributed by atoms with Crippen molar-refractivity contribution in [2.45, 2.75) is 136 Å². The Labute approximate surface area is 191 Å². The Hall–Kier alpha value is -1.51. The monoisotopic (exact) mass is 432 g/mol. The van der Waals surface area contributed by atoms with Gasteiger partial charge in [0.2, 0.25) is 0 Å². The summed E-state index contributed by atoms with van der Waals surface area (Å²) in [6.45, 7) is 14.9. The van der Waals surface area contributed by atoms with Gasteiger partial charge in [-0.05, 0) is 39.9 Å². The van der Waals surface area contributed by atoms with E-state index in [1.165, 1.54) is 51.4 Å². The molecule has 0 amide bonds. The molecule has 0 aliphatic carbocycles. The molecule has 0 saturated heterocycles. The minimum absolute atomic E-state index is 0.00939. The van der Waals surface area contributed by atoms with Crippen LogP contribution in [0.15, 0.2) is 12.1 Å². The lowest BCUT2D eigenvalue weighted by atomic mass is 9.76. The van der Waals surface area contributed by atoms with Crippen molar-refractivity contribution in [1.29, 1.82) is 0 Å². The second kappa shape index (κ2) is 12.5. The van der Waals surface area contributed by atoms with Crippen molar-refractivity contribution >= 4 is 5.97 Å². The van der Waals surface area contributed by atoms with E-state index in [0.29, 0.717) is 5.75 Å². The van der Waals surface area contributed by atoms with E-state index in [1.54, 1.807) is 0 Å². The fraction of sp³-hybridized carbons (Fsp3) is 0.750. The number of benzene rings is 1. The average molecular weight is 433 g/mol. The molecule has 3 heteroatoms. The third-order valence-corrected chi connectivity index (χ3v) is 6.30. The second-order valence-corrected chi connectivity index (χ2v) is 11.4. The molecule has 1 atom stereocenters. The van der Waals surface area contributed by atoms with Crippen LogP contribution in [0.3, 0.4) is 0 Å². The van der Waals surface area contributed by atoms with Gasteiger partial charge in [0, 0.05) is 0 Å². The quantitative estimate of drug-likeness (QED) is 0.307. The topological polar surface area (TPSA) is 57.5 Å². The van der Waals surface area contributed by atoms with Crippen LogP contribution in [0.4, 0.5) is 0 Å². The predicted molar refractivity (Wildman–Crippen MR) is 132 cm³/mol. The molecule has 0 aliphatic rings. The van der Waals surface area contributed by atoms with Gasteiger partial charge < -0.3 is 10.2 Å². The predicted octanol–water partition coefficient (Wildman–Crippen LogP) is 8.47. The third-order valence-electron chi connectivity index (χ3n) is 6.30. The molecule has 0 aliphatic heterocycles. The number of carbonyl (C=O) groups is 1. The van der Waals surface area contributed by atoms with Crippen molar-refractivity contribution in [1.82, 2.24) is 0 Å². The number of carboxylic acid groups (broad SMARTS) is 1. The van der Waals surface area contributed by atoms with Crippen LogP contribution in [0.5, 0.6) is 5.75 Å². The van der Waals surface area contributed by atoms with Crippen molar-refractivity contribution in [3.05, 3.63) is 28.8 Å². The van der Waals surface area contributed by atoms with Crippen LogP contribution in [-0.2, 0) is 15.6 Å². The van der Waals surface area contributed by atoms with Crippen LogP contribution in [0.2, 0.25) is 0 Å². The lowest BCUT2D eigenvalue weighted by molar-refractivity contribution is -0.137. The van der Waals surface area contributed by atoms with Gasteiger partial charge in [0.15, 0.2) is 0 Å². The molecule has 178 valence electrons. The Balaban J connectivity index is 2.92. The Morgan fingerprint density at radius 2 is 1.23 bits per heavy atom. The number of carboxylic acids is 1. The van der Waals surface area contributed by atoms with Crippen LogP contribution < -0.4 is 0 Å². The number of hydrogen-bond acceptors (Lipinski definition) is 2. The largest absolute Gasteiger partial charge is 0.507 e. The number of hydrogen-bond donors (Lipinski definition) is 2. The van der Waals surface area contributed by atoms with Gasteiger partial charge in [0.1, 0.15) is 5.75 Å². The number of aromatic hydroxyl groups is 1. The van der Waals surface area contributed by atoms with E-state index in [0.717, 1.165) is 29.5 Å². The van der Waals surface area contributed by atoms with Crippen molar-refractivity contribution in [3.63, 3.8) is 0 Å². The first-order chi connectivity index (χ1) is 14.4. The van der Waals surface area contributed by atoms with E-state index in [-0.39, 0.29) is 23.2 Å². The maximum absolute atomic E-state index is 11.6. The number of phenols is 1. The highest BCUT2D eigenvalue weighted by molar-refractivity contribution is 5.68. The van der Waals surface area contributed by atoms with E-state index < -0.39 is 5.97 Å². The first-order valence-electron chi connectivity index (χ1n) is 12.5. The van der Waals surface area contributed by atoms with E-state index in [4.69, 9.17) is 0 Å². The third kappa shape index (κ3) is 9.66. The molecule has 0 aromatic heterocycles. The summed E-state index contributed by atoms with van der Waals surface area (Å²) in [5.74, 6) is -0.394. The minimum atomic E-state index is -0.747. The molecule has 0 spiro atoms. The SMILES string of the molecule is CCCCCCCCCCCC(CC(=O)O)c1cc(C(C)(C)C)c(O)c(C(C)(C)C)c1.